The average molecular weight is 629 g/mol. The molecule has 0 unspecified atom stereocenters. The van der Waals surface area contributed by atoms with Crippen LogP contribution in [-0.4, -0.2) is 0 Å². The summed E-state index contributed by atoms with van der Waals surface area (Å²) in [7, 11) is 0. The van der Waals surface area contributed by atoms with E-state index >= 15 is 0 Å². The van der Waals surface area contributed by atoms with Crippen LogP contribution in [0.5, 0.6) is 0 Å². The summed E-state index contributed by atoms with van der Waals surface area (Å²) in [5, 5.41) is 5.41. The highest BCUT2D eigenvalue weighted by atomic mass is 15.1. The summed E-state index contributed by atoms with van der Waals surface area (Å²) < 4.78 is 0. The van der Waals surface area contributed by atoms with Crippen molar-refractivity contribution in [3.63, 3.8) is 0 Å². The molecule has 49 heavy (non-hydrogen) atoms. The van der Waals surface area contributed by atoms with Gasteiger partial charge in [0, 0.05) is 39.5 Å². The number of hydrogen-bond donors (Lipinski definition) is 0. The number of rotatable bonds is 7. The SMILES string of the molecule is CC1(C)c2cccc3ccc4cc(N(c5ccccc5)c5ccc(-c6ccc(N(c7ccccc7)c7ccccc7)cc6)cc5)cc1c4c23. The lowest BCUT2D eigenvalue weighted by Gasteiger charge is -2.28. The molecule has 1 aliphatic carbocycles. The number of anilines is 6. The summed E-state index contributed by atoms with van der Waals surface area (Å²) in [6.45, 7) is 4.73. The molecule has 8 aromatic rings. The average Bonchev–Trinajstić information content (AvgIpc) is 3.39. The molecule has 0 radical (unpaired) electrons. The third-order valence-electron chi connectivity index (χ3n) is 10.2. The van der Waals surface area contributed by atoms with Crippen LogP contribution in [0.4, 0.5) is 34.1 Å². The smallest absolute Gasteiger partial charge is 0.0471 e. The first-order chi connectivity index (χ1) is 24.1. The van der Waals surface area contributed by atoms with Gasteiger partial charge in [0.05, 0.1) is 0 Å². The van der Waals surface area contributed by atoms with Gasteiger partial charge in [-0.3, -0.25) is 0 Å². The molecular weight excluding hydrogens is 593 g/mol. The van der Waals surface area contributed by atoms with Crippen LogP contribution in [0.15, 0.2) is 182 Å². The Hall–Kier alpha value is -6.12. The van der Waals surface area contributed by atoms with Crippen LogP contribution in [0.1, 0.15) is 25.0 Å². The van der Waals surface area contributed by atoms with Crippen molar-refractivity contribution >= 4 is 55.7 Å². The molecule has 0 amide bonds. The third kappa shape index (κ3) is 4.88. The van der Waals surface area contributed by atoms with Crippen LogP contribution in [-0.2, 0) is 5.41 Å². The maximum Gasteiger partial charge on any atom is 0.0471 e. The molecule has 8 aromatic carbocycles. The molecule has 0 saturated carbocycles. The van der Waals surface area contributed by atoms with Crippen LogP contribution < -0.4 is 9.80 Å². The molecule has 0 atom stereocenters. The maximum absolute atomic E-state index is 2.42. The lowest BCUT2D eigenvalue weighted by Crippen LogP contribution is -2.16. The van der Waals surface area contributed by atoms with Crippen molar-refractivity contribution in [3.05, 3.63) is 193 Å². The van der Waals surface area contributed by atoms with Crippen molar-refractivity contribution in [3.8, 4) is 11.1 Å². The van der Waals surface area contributed by atoms with Crippen molar-refractivity contribution in [1.82, 2.24) is 0 Å². The highest BCUT2D eigenvalue weighted by molar-refractivity contribution is 6.15. The molecule has 2 heteroatoms. The summed E-state index contributed by atoms with van der Waals surface area (Å²) >= 11 is 0. The van der Waals surface area contributed by atoms with Gasteiger partial charge in [-0.25, -0.2) is 0 Å². The van der Waals surface area contributed by atoms with Crippen molar-refractivity contribution in [2.24, 2.45) is 0 Å². The number of nitrogens with zero attached hydrogens (tertiary/aromatic N) is 2. The predicted molar refractivity (Wildman–Crippen MR) is 208 cm³/mol. The first kappa shape index (κ1) is 29.1. The summed E-state index contributed by atoms with van der Waals surface area (Å²) in [5.74, 6) is 0. The molecule has 234 valence electrons. The van der Waals surface area contributed by atoms with Gasteiger partial charge in [-0.05, 0) is 117 Å². The van der Waals surface area contributed by atoms with Gasteiger partial charge in [0.25, 0.3) is 0 Å². The Morgan fingerprint density at radius 1 is 0.327 bits per heavy atom. The highest BCUT2D eigenvalue weighted by Gasteiger charge is 2.34. The molecule has 9 rings (SSSR count). The molecule has 0 aliphatic heterocycles. The van der Waals surface area contributed by atoms with Crippen LogP contribution in [0.25, 0.3) is 32.7 Å². The largest absolute Gasteiger partial charge is 0.311 e. The Balaban J connectivity index is 1.09. The van der Waals surface area contributed by atoms with E-state index in [0.29, 0.717) is 0 Å². The van der Waals surface area contributed by atoms with E-state index in [4.69, 9.17) is 0 Å². The zero-order valence-electron chi connectivity index (χ0n) is 27.7. The minimum absolute atomic E-state index is 0.0769. The van der Waals surface area contributed by atoms with Gasteiger partial charge in [-0.1, -0.05) is 123 Å². The lowest BCUT2D eigenvalue weighted by molar-refractivity contribution is 0.663. The lowest BCUT2D eigenvalue weighted by atomic mass is 9.81. The molecule has 0 aromatic heterocycles. The molecule has 0 bridgehead atoms. The Morgan fingerprint density at radius 2 is 0.755 bits per heavy atom. The van der Waals surface area contributed by atoms with Crippen molar-refractivity contribution in [2.45, 2.75) is 19.3 Å². The molecule has 0 spiro atoms. The normalized spacial score (nSPS) is 12.9. The predicted octanol–water partition coefficient (Wildman–Crippen LogP) is 13.2. The van der Waals surface area contributed by atoms with Crippen LogP contribution in [0, 0.1) is 0 Å². The van der Waals surface area contributed by atoms with Crippen LogP contribution in [0.2, 0.25) is 0 Å². The summed E-state index contributed by atoms with van der Waals surface area (Å²) in [5.41, 5.74) is 11.9. The minimum atomic E-state index is -0.0769. The van der Waals surface area contributed by atoms with Gasteiger partial charge >= 0.3 is 0 Å². The van der Waals surface area contributed by atoms with E-state index in [-0.39, 0.29) is 5.41 Å². The van der Waals surface area contributed by atoms with Crippen LogP contribution in [0.3, 0.4) is 0 Å². The Bertz CT molecular complexity index is 2390. The first-order valence-electron chi connectivity index (χ1n) is 17.0. The van der Waals surface area contributed by atoms with E-state index < -0.39 is 0 Å². The molecular formula is C47H36N2. The second-order valence-electron chi connectivity index (χ2n) is 13.5. The Labute approximate surface area is 288 Å². The maximum atomic E-state index is 2.42. The van der Waals surface area contributed by atoms with Crippen molar-refractivity contribution in [2.75, 3.05) is 9.80 Å². The molecule has 0 heterocycles. The van der Waals surface area contributed by atoms with Crippen LogP contribution >= 0.6 is 0 Å². The fraction of sp³-hybridized carbons (Fsp3) is 0.0638. The van der Waals surface area contributed by atoms with E-state index in [1.807, 2.05) is 0 Å². The van der Waals surface area contributed by atoms with Gasteiger partial charge in [0.1, 0.15) is 0 Å². The second kappa shape index (κ2) is 11.5. The summed E-state index contributed by atoms with van der Waals surface area (Å²) in [4.78, 5) is 4.69. The standard InChI is InChI=1S/C47H36N2/c1-47(2)43-20-12-13-35-21-22-36-31-42(32-44(47)46(36)45(35)43)49(39-18-10-5-11-19-39)41-29-25-34(26-30-41)33-23-27-40(28-24-33)48(37-14-6-3-7-15-37)38-16-8-4-9-17-38/h3-32H,1-2H3. The molecule has 0 N–H and O–H groups in total. The van der Waals surface area contributed by atoms with E-state index in [2.05, 4.69) is 206 Å². The Kier molecular flexibility index (Phi) is 6.84. The summed E-state index contributed by atoms with van der Waals surface area (Å²) in [6.07, 6.45) is 0. The second-order valence-corrected chi connectivity index (χ2v) is 13.5. The number of benzene rings is 8. The van der Waals surface area contributed by atoms with Gasteiger partial charge < -0.3 is 9.80 Å². The third-order valence-corrected chi connectivity index (χ3v) is 10.2. The fourth-order valence-electron chi connectivity index (χ4n) is 7.75. The fourth-order valence-corrected chi connectivity index (χ4v) is 7.75. The Morgan fingerprint density at radius 3 is 1.27 bits per heavy atom. The van der Waals surface area contributed by atoms with E-state index in [1.54, 1.807) is 0 Å². The molecule has 0 fully saturated rings. The minimum Gasteiger partial charge on any atom is -0.311 e. The topological polar surface area (TPSA) is 6.48 Å². The summed E-state index contributed by atoms with van der Waals surface area (Å²) in [6, 6.07) is 65.8. The van der Waals surface area contributed by atoms with Crippen molar-refractivity contribution in [1.29, 1.82) is 0 Å². The number of para-hydroxylation sites is 3. The molecule has 2 nitrogen and oxygen atoms in total. The first-order valence-corrected chi connectivity index (χ1v) is 17.0. The van der Waals surface area contributed by atoms with Gasteiger partial charge in [0.15, 0.2) is 0 Å². The zero-order valence-corrected chi connectivity index (χ0v) is 27.7. The molecule has 1 aliphatic rings. The van der Waals surface area contributed by atoms with Crippen molar-refractivity contribution < 1.29 is 0 Å². The molecule has 0 saturated heterocycles. The quantitative estimate of drug-likeness (QED) is 0.162. The highest BCUT2D eigenvalue weighted by Crippen LogP contribution is 2.51. The van der Waals surface area contributed by atoms with E-state index in [9.17, 15) is 0 Å². The van der Waals surface area contributed by atoms with E-state index in [1.165, 1.54) is 49.5 Å². The van der Waals surface area contributed by atoms with Gasteiger partial charge in [-0.2, -0.15) is 0 Å². The monoisotopic (exact) mass is 628 g/mol. The van der Waals surface area contributed by atoms with Gasteiger partial charge in [0.2, 0.25) is 0 Å². The van der Waals surface area contributed by atoms with Gasteiger partial charge in [-0.15, -0.1) is 0 Å². The zero-order chi connectivity index (χ0) is 33.0. The number of hydrogen-bond acceptors (Lipinski definition) is 2. The van der Waals surface area contributed by atoms with E-state index in [0.717, 1.165) is 28.4 Å².